The summed E-state index contributed by atoms with van der Waals surface area (Å²) in [6.45, 7) is 7.58. The lowest BCUT2D eigenvalue weighted by Crippen LogP contribution is -2.24. The van der Waals surface area contributed by atoms with Gasteiger partial charge < -0.3 is 10.5 Å². The van der Waals surface area contributed by atoms with Gasteiger partial charge in [0.05, 0.1) is 11.0 Å². The average Bonchev–Trinajstić information content (AvgIpc) is 2.41. The monoisotopic (exact) mass is 313 g/mol. The molecule has 0 fully saturated rings. The van der Waals surface area contributed by atoms with Gasteiger partial charge in [-0.05, 0) is 44.7 Å². The summed E-state index contributed by atoms with van der Waals surface area (Å²) >= 11 is 0. The number of hydrogen-bond donors (Lipinski definition) is 1. The van der Waals surface area contributed by atoms with Gasteiger partial charge in [-0.25, -0.2) is 8.42 Å². The van der Waals surface area contributed by atoms with Crippen molar-refractivity contribution in [3.8, 4) is 5.75 Å². The first-order chi connectivity index (χ1) is 9.77. The number of aryl methyl sites for hydroxylation is 1. The first kappa shape index (κ1) is 18.0. The topological polar surface area (TPSA) is 69.4 Å². The van der Waals surface area contributed by atoms with Crippen molar-refractivity contribution in [2.24, 2.45) is 5.73 Å². The summed E-state index contributed by atoms with van der Waals surface area (Å²) in [4.78, 5) is 0. The van der Waals surface area contributed by atoms with Gasteiger partial charge in [-0.3, -0.25) is 0 Å². The fraction of sp³-hybridized carbons (Fsp3) is 0.625. The third kappa shape index (κ3) is 5.32. The maximum Gasteiger partial charge on any atom is 0.155 e. The summed E-state index contributed by atoms with van der Waals surface area (Å²) in [5, 5.41) is -0.369. The molecule has 0 amide bonds. The van der Waals surface area contributed by atoms with Crippen LogP contribution in [0.3, 0.4) is 0 Å². The van der Waals surface area contributed by atoms with Crippen molar-refractivity contribution in [3.63, 3.8) is 0 Å². The summed E-state index contributed by atoms with van der Waals surface area (Å²) < 4.78 is 29.4. The minimum absolute atomic E-state index is 0.0400. The average molecular weight is 313 g/mol. The standard InChI is InChI=1S/C16H27NO3S/c1-5-15(17)11-14-8-6-7-13(4)16(14)20-9-10-21(18,19)12(2)3/h6-8,12,15H,5,9-11,17H2,1-4H3. The molecule has 0 bridgehead atoms. The molecule has 0 aliphatic carbocycles. The Morgan fingerprint density at radius 2 is 1.95 bits per heavy atom. The lowest BCUT2D eigenvalue weighted by molar-refractivity contribution is 0.333. The highest BCUT2D eigenvalue weighted by molar-refractivity contribution is 7.91. The predicted octanol–water partition coefficient (Wildman–Crippen LogP) is 2.48. The SMILES string of the molecule is CCC(N)Cc1cccc(C)c1OCCS(=O)(=O)C(C)C. The number of ether oxygens (including phenoxy) is 1. The molecule has 21 heavy (non-hydrogen) atoms. The normalized spacial score (nSPS) is 13.4. The third-order valence-corrected chi connectivity index (χ3v) is 5.80. The lowest BCUT2D eigenvalue weighted by atomic mass is 10.0. The van der Waals surface area contributed by atoms with Crippen molar-refractivity contribution in [2.45, 2.75) is 51.8 Å². The first-order valence-electron chi connectivity index (χ1n) is 7.46. The molecule has 1 aromatic rings. The van der Waals surface area contributed by atoms with Crippen LogP contribution in [0.5, 0.6) is 5.75 Å². The van der Waals surface area contributed by atoms with Crippen molar-refractivity contribution >= 4 is 9.84 Å². The van der Waals surface area contributed by atoms with Gasteiger partial charge in [-0.1, -0.05) is 25.1 Å². The number of benzene rings is 1. The van der Waals surface area contributed by atoms with Gasteiger partial charge in [0.15, 0.2) is 9.84 Å². The Labute approximate surface area is 128 Å². The quantitative estimate of drug-likeness (QED) is 0.800. The molecule has 0 aliphatic heterocycles. The van der Waals surface area contributed by atoms with Crippen molar-refractivity contribution in [1.82, 2.24) is 0 Å². The second-order valence-electron chi connectivity index (χ2n) is 5.70. The van der Waals surface area contributed by atoms with Crippen LogP contribution in [0.15, 0.2) is 18.2 Å². The number of nitrogens with two attached hydrogens (primary N) is 1. The highest BCUT2D eigenvalue weighted by Gasteiger charge is 2.17. The van der Waals surface area contributed by atoms with E-state index < -0.39 is 9.84 Å². The molecule has 1 rings (SSSR count). The van der Waals surface area contributed by atoms with E-state index in [1.165, 1.54) is 0 Å². The molecular formula is C16H27NO3S. The van der Waals surface area contributed by atoms with E-state index in [4.69, 9.17) is 10.5 Å². The van der Waals surface area contributed by atoms with Crippen LogP contribution in [0.4, 0.5) is 0 Å². The lowest BCUT2D eigenvalue weighted by Gasteiger charge is -2.17. The molecular weight excluding hydrogens is 286 g/mol. The maximum absolute atomic E-state index is 11.8. The van der Waals surface area contributed by atoms with Crippen LogP contribution >= 0.6 is 0 Å². The molecule has 120 valence electrons. The second kappa shape index (κ2) is 7.80. The summed E-state index contributed by atoms with van der Waals surface area (Å²) in [6, 6.07) is 6.03. The molecule has 0 aliphatic rings. The van der Waals surface area contributed by atoms with Crippen molar-refractivity contribution in [1.29, 1.82) is 0 Å². The zero-order valence-electron chi connectivity index (χ0n) is 13.4. The van der Waals surface area contributed by atoms with E-state index in [-0.39, 0.29) is 23.7 Å². The van der Waals surface area contributed by atoms with E-state index in [1.807, 2.05) is 25.1 Å². The molecule has 4 nitrogen and oxygen atoms in total. The molecule has 1 aromatic carbocycles. The fourth-order valence-corrected chi connectivity index (χ4v) is 2.79. The minimum Gasteiger partial charge on any atom is -0.492 e. The Hall–Kier alpha value is -1.07. The Balaban J connectivity index is 2.78. The highest BCUT2D eigenvalue weighted by Crippen LogP contribution is 2.25. The summed E-state index contributed by atoms with van der Waals surface area (Å²) in [5.41, 5.74) is 8.07. The number of rotatable bonds is 8. The summed E-state index contributed by atoms with van der Waals surface area (Å²) in [5.74, 6) is 0.818. The number of para-hydroxylation sites is 1. The zero-order chi connectivity index (χ0) is 16.0. The molecule has 1 atom stereocenters. The Bertz CT molecular complexity index is 553. The molecule has 0 saturated heterocycles. The molecule has 2 N–H and O–H groups in total. The Morgan fingerprint density at radius 3 is 2.52 bits per heavy atom. The predicted molar refractivity (Wildman–Crippen MR) is 87.6 cm³/mol. The van der Waals surface area contributed by atoms with E-state index in [0.717, 1.165) is 29.7 Å². The van der Waals surface area contributed by atoms with Crippen LogP contribution in [0.25, 0.3) is 0 Å². The fourth-order valence-electron chi connectivity index (χ4n) is 2.00. The Kier molecular flexibility index (Phi) is 6.68. The summed E-state index contributed by atoms with van der Waals surface area (Å²) in [7, 11) is -3.07. The van der Waals surface area contributed by atoms with Gasteiger partial charge in [0, 0.05) is 6.04 Å². The molecule has 5 heteroatoms. The van der Waals surface area contributed by atoms with E-state index in [9.17, 15) is 8.42 Å². The molecule has 0 radical (unpaired) electrons. The maximum atomic E-state index is 11.8. The highest BCUT2D eigenvalue weighted by atomic mass is 32.2. The van der Waals surface area contributed by atoms with Gasteiger partial charge in [-0.15, -0.1) is 0 Å². The van der Waals surface area contributed by atoms with Crippen LogP contribution in [-0.2, 0) is 16.3 Å². The van der Waals surface area contributed by atoms with Crippen LogP contribution in [0.2, 0.25) is 0 Å². The smallest absolute Gasteiger partial charge is 0.155 e. The molecule has 0 aromatic heterocycles. The van der Waals surface area contributed by atoms with Gasteiger partial charge in [0.1, 0.15) is 12.4 Å². The van der Waals surface area contributed by atoms with E-state index in [0.29, 0.717) is 0 Å². The molecule has 0 spiro atoms. The zero-order valence-corrected chi connectivity index (χ0v) is 14.2. The molecule has 0 saturated carbocycles. The third-order valence-electron chi connectivity index (χ3n) is 3.63. The summed E-state index contributed by atoms with van der Waals surface area (Å²) in [6.07, 6.45) is 1.64. The van der Waals surface area contributed by atoms with Gasteiger partial charge in [0.2, 0.25) is 0 Å². The Morgan fingerprint density at radius 1 is 1.29 bits per heavy atom. The second-order valence-corrected chi connectivity index (χ2v) is 8.38. The van der Waals surface area contributed by atoms with Gasteiger partial charge in [0.25, 0.3) is 0 Å². The van der Waals surface area contributed by atoms with Crippen LogP contribution in [0.1, 0.15) is 38.3 Å². The molecule has 1 unspecified atom stereocenters. The van der Waals surface area contributed by atoms with E-state index in [1.54, 1.807) is 13.8 Å². The van der Waals surface area contributed by atoms with E-state index in [2.05, 4.69) is 6.92 Å². The number of sulfone groups is 1. The van der Waals surface area contributed by atoms with Crippen molar-refractivity contribution in [2.75, 3.05) is 12.4 Å². The van der Waals surface area contributed by atoms with E-state index >= 15 is 0 Å². The largest absolute Gasteiger partial charge is 0.492 e. The minimum atomic E-state index is -3.07. The van der Waals surface area contributed by atoms with Crippen LogP contribution in [-0.4, -0.2) is 32.1 Å². The van der Waals surface area contributed by atoms with Gasteiger partial charge >= 0.3 is 0 Å². The molecule has 0 heterocycles. The van der Waals surface area contributed by atoms with Gasteiger partial charge in [-0.2, -0.15) is 0 Å². The van der Waals surface area contributed by atoms with Crippen molar-refractivity contribution in [3.05, 3.63) is 29.3 Å². The number of hydrogen-bond acceptors (Lipinski definition) is 4. The van der Waals surface area contributed by atoms with Crippen molar-refractivity contribution < 1.29 is 13.2 Å². The first-order valence-corrected chi connectivity index (χ1v) is 9.18. The van der Waals surface area contributed by atoms with Crippen LogP contribution in [0, 0.1) is 6.92 Å². The van der Waals surface area contributed by atoms with Crippen LogP contribution < -0.4 is 10.5 Å².